The van der Waals surface area contributed by atoms with Crippen LogP contribution in [0.4, 0.5) is 18.9 Å². The van der Waals surface area contributed by atoms with Crippen molar-refractivity contribution in [3.63, 3.8) is 0 Å². The van der Waals surface area contributed by atoms with Gasteiger partial charge < -0.3 is 5.32 Å². The van der Waals surface area contributed by atoms with Crippen molar-refractivity contribution in [2.75, 3.05) is 4.72 Å². The van der Waals surface area contributed by atoms with Crippen LogP contribution in [0.2, 0.25) is 5.02 Å². The SMILES string of the molecule is NS(=O)(=O)c1ccc(CNC(=O)c2cccc(S(=O)(=O)Nc3cc(C(F)(F)F)ccc3Cl)c2)cc1. The van der Waals surface area contributed by atoms with E-state index in [1.54, 1.807) is 0 Å². The maximum Gasteiger partial charge on any atom is 0.416 e. The fourth-order valence-electron chi connectivity index (χ4n) is 2.87. The van der Waals surface area contributed by atoms with Crippen molar-refractivity contribution in [3.8, 4) is 0 Å². The molecular weight excluding hydrogens is 531 g/mol. The van der Waals surface area contributed by atoms with E-state index >= 15 is 0 Å². The Kier molecular flexibility index (Phi) is 7.45. The number of nitrogens with one attached hydrogen (secondary N) is 2. The third kappa shape index (κ3) is 6.72. The molecule has 0 aliphatic rings. The number of primary sulfonamides is 1. The highest BCUT2D eigenvalue weighted by molar-refractivity contribution is 7.92. The summed E-state index contributed by atoms with van der Waals surface area (Å²) in [6, 6.07) is 12.5. The number of rotatable bonds is 7. The smallest absolute Gasteiger partial charge is 0.348 e. The predicted octanol–water partition coefficient (Wildman–Crippen LogP) is 3.74. The minimum atomic E-state index is -4.71. The van der Waals surface area contributed by atoms with Gasteiger partial charge in [0.2, 0.25) is 10.0 Å². The Hall–Kier alpha value is -3.13. The van der Waals surface area contributed by atoms with E-state index in [4.69, 9.17) is 16.7 Å². The first kappa shape index (κ1) is 26.5. The van der Waals surface area contributed by atoms with Crippen LogP contribution in [0.3, 0.4) is 0 Å². The van der Waals surface area contributed by atoms with Crippen molar-refractivity contribution in [2.45, 2.75) is 22.5 Å². The summed E-state index contributed by atoms with van der Waals surface area (Å²) in [5, 5.41) is 7.34. The van der Waals surface area contributed by atoms with E-state index in [2.05, 4.69) is 5.32 Å². The molecule has 0 radical (unpaired) electrons. The van der Waals surface area contributed by atoms with Gasteiger partial charge in [0.25, 0.3) is 15.9 Å². The van der Waals surface area contributed by atoms with Crippen LogP contribution < -0.4 is 15.2 Å². The molecule has 0 saturated heterocycles. The molecule has 3 aromatic rings. The van der Waals surface area contributed by atoms with Crippen LogP contribution >= 0.6 is 11.6 Å². The molecule has 0 aromatic heterocycles. The van der Waals surface area contributed by atoms with E-state index in [0.29, 0.717) is 17.7 Å². The molecule has 0 atom stereocenters. The van der Waals surface area contributed by atoms with Crippen LogP contribution in [0, 0.1) is 0 Å². The summed E-state index contributed by atoms with van der Waals surface area (Å²) in [6.45, 7) is -0.00119. The quantitative estimate of drug-likeness (QED) is 0.414. The Morgan fingerprint density at radius 3 is 2.17 bits per heavy atom. The lowest BCUT2D eigenvalue weighted by molar-refractivity contribution is -0.137. The summed E-state index contributed by atoms with van der Waals surface area (Å²) in [5.74, 6) is -0.644. The minimum Gasteiger partial charge on any atom is -0.348 e. The summed E-state index contributed by atoms with van der Waals surface area (Å²) in [6.07, 6.45) is -4.71. The highest BCUT2D eigenvalue weighted by Crippen LogP contribution is 2.34. The molecule has 8 nitrogen and oxygen atoms in total. The summed E-state index contributed by atoms with van der Waals surface area (Å²) in [5.41, 5.74) is -1.05. The lowest BCUT2D eigenvalue weighted by Crippen LogP contribution is -2.23. The molecule has 0 heterocycles. The fraction of sp³-hybridized carbons (Fsp3) is 0.0952. The van der Waals surface area contributed by atoms with E-state index in [9.17, 15) is 34.8 Å². The zero-order valence-corrected chi connectivity index (χ0v) is 19.9. The number of benzene rings is 3. The number of carbonyl (C=O) groups excluding carboxylic acids is 1. The minimum absolute atomic E-state index is 0.00119. The van der Waals surface area contributed by atoms with Crippen molar-refractivity contribution in [2.24, 2.45) is 5.14 Å². The third-order valence-electron chi connectivity index (χ3n) is 4.65. The van der Waals surface area contributed by atoms with E-state index in [1.165, 1.54) is 36.4 Å². The first-order chi connectivity index (χ1) is 16.2. The second kappa shape index (κ2) is 9.85. The average molecular weight is 548 g/mol. The molecule has 4 N–H and O–H groups in total. The number of sulfonamides is 2. The molecule has 0 saturated carbocycles. The molecule has 0 aliphatic carbocycles. The molecule has 0 bridgehead atoms. The van der Waals surface area contributed by atoms with Crippen LogP contribution in [-0.2, 0) is 32.8 Å². The van der Waals surface area contributed by atoms with E-state index < -0.39 is 43.4 Å². The van der Waals surface area contributed by atoms with Gasteiger partial charge in [0.1, 0.15) is 0 Å². The van der Waals surface area contributed by atoms with Crippen LogP contribution in [0.1, 0.15) is 21.5 Å². The number of halogens is 4. The van der Waals surface area contributed by atoms with E-state index in [1.807, 2.05) is 4.72 Å². The van der Waals surface area contributed by atoms with Crippen LogP contribution in [0.25, 0.3) is 0 Å². The molecular formula is C21H17ClF3N3O5S2. The topological polar surface area (TPSA) is 135 Å². The molecule has 0 aliphatic heterocycles. The van der Waals surface area contributed by atoms with Crippen molar-refractivity contribution < 1.29 is 34.8 Å². The molecule has 0 fully saturated rings. The third-order valence-corrected chi connectivity index (χ3v) is 7.27. The molecule has 1 amide bonds. The van der Waals surface area contributed by atoms with Gasteiger partial charge in [0, 0.05) is 12.1 Å². The van der Waals surface area contributed by atoms with Crippen LogP contribution in [0.15, 0.2) is 76.5 Å². The number of alkyl halides is 3. The summed E-state index contributed by atoms with van der Waals surface area (Å²) in [4.78, 5) is 12.0. The molecule has 3 rings (SSSR count). The second-order valence-corrected chi connectivity index (χ2v) is 10.8. The first-order valence-electron chi connectivity index (χ1n) is 9.56. The number of nitrogens with two attached hydrogens (primary N) is 1. The lowest BCUT2D eigenvalue weighted by Gasteiger charge is -2.13. The second-order valence-electron chi connectivity index (χ2n) is 7.20. The van der Waals surface area contributed by atoms with Gasteiger partial charge >= 0.3 is 6.18 Å². The maximum absolute atomic E-state index is 13.0. The Labute approximate surface area is 204 Å². The predicted molar refractivity (Wildman–Crippen MR) is 123 cm³/mol. The van der Waals surface area contributed by atoms with Crippen molar-refractivity contribution in [1.82, 2.24) is 5.32 Å². The lowest BCUT2D eigenvalue weighted by atomic mass is 10.2. The van der Waals surface area contributed by atoms with Gasteiger partial charge in [-0.05, 0) is 54.1 Å². The van der Waals surface area contributed by atoms with Gasteiger partial charge in [-0.3, -0.25) is 9.52 Å². The van der Waals surface area contributed by atoms with Crippen LogP contribution in [0.5, 0.6) is 0 Å². The molecule has 3 aromatic carbocycles. The molecule has 186 valence electrons. The fourth-order valence-corrected chi connectivity index (χ4v) is 4.72. The van der Waals surface area contributed by atoms with E-state index in [0.717, 1.165) is 18.2 Å². The highest BCUT2D eigenvalue weighted by Gasteiger charge is 2.31. The Morgan fingerprint density at radius 1 is 0.914 bits per heavy atom. The Morgan fingerprint density at radius 2 is 1.57 bits per heavy atom. The van der Waals surface area contributed by atoms with Gasteiger partial charge in [-0.1, -0.05) is 29.8 Å². The maximum atomic E-state index is 13.0. The molecule has 14 heteroatoms. The summed E-state index contributed by atoms with van der Waals surface area (Å²) in [7, 11) is -8.25. The van der Waals surface area contributed by atoms with Gasteiger partial charge in [0.05, 0.1) is 26.1 Å². The van der Waals surface area contributed by atoms with Gasteiger partial charge in [-0.25, -0.2) is 22.0 Å². The van der Waals surface area contributed by atoms with Crippen molar-refractivity contribution >= 4 is 43.2 Å². The average Bonchev–Trinajstić information content (AvgIpc) is 2.78. The first-order valence-corrected chi connectivity index (χ1v) is 13.0. The van der Waals surface area contributed by atoms with Gasteiger partial charge in [0.15, 0.2) is 0 Å². The number of hydrogen-bond donors (Lipinski definition) is 3. The van der Waals surface area contributed by atoms with Crippen LogP contribution in [-0.4, -0.2) is 22.7 Å². The standard InChI is InChI=1S/C21H17ClF3N3O5S2/c22-18-9-6-15(21(23,24)25)11-19(18)28-35(32,33)17-3-1-2-14(10-17)20(29)27-12-13-4-7-16(8-5-13)34(26,30)31/h1-11,28H,12H2,(H,27,29)(H2,26,30,31). The number of anilines is 1. The van der Waals surface area contributed by atoms with Crippen molar-refractivity contribution in [3.05, 3.63) is 88.4 Å². The zero-order valence-electron chi connectivity index (χ0n) is 17.5. The number of hydrogen-bond acceptors (Lipinski definition) is 5. The largest absolute Gasteiger partial charge is 0.416 e. The monoisotopic (exact) mass is 547 g/mol. The molecule has 0 unspecified atom stereocenters. The molecule has 35 heavy (non-hydrogen) atoms. The highest BCUT2D eigenvalue weighted by atomic mass is 35.5. The molecule has 0 spiro atoms. The van der Waals surface area contributed by atoms with Crippen molar-refractivity contribution in [1.29, 1.82) is 0 Å². The van der Waals surface area contributed by atoms with Gasteiger partial charge in [-0.15, -0.1) is 0 Å². The van der Waals surface area contributed by atoms with Gasteiger partial charge in [-0.2, -0.15) is 13.2 Å². The Balaban J connectivity index is 1.76. The summed E-state index contributed by atoms with van der Waals surface area (Å²) >= 11 is 5.86. The number of carbonyl (C=O) groups is 1. The normalized spacial score (nSPS) is 12.3. The number of amides is 1. The Bertz CT molecular complexity index is 1480. The zero-order chi connectivity index (χ0) is 26.0. The van der Waals surface area contributed by atoms with E-state index in [-0.39, 0.29) is 26.9 Å². The summed E-state index contributed by atoms with van der Waals surface area (Å²) < 4.78 is 89.0.